The van der Waals surface area contributed by atoms with Crippen molar-refractivity contribution in [2.75, 3.05) is 29.9 Å². The number of sulfonamides is 1. The van der Waals surface area contributed by atoms with Crippen LogP contribution in [0.5, 0.6) is 0 Å². The van der Waals surface area contributed by atoms with E-state index >= 15 is 0 Å². The summed E-state index contributed by atoms with van der Waals surface area (Å²) in [5, 5.41) is 20.0. The monoisotopic (exact) mass is 424 g/mol. The fourth-order valence-electron chi connectivity index (χ4n) is 3.36. The van der Waals surface area contributed by atoms with Gasteiger partial charge in [0.2, 0.25) is 10.0 Å². The van der Waals surface area contributed by atoms with Crippen molar-refractivity contribution in [3.05, 3.63) is 57.1 Å². The molecule has 3 rings (SSSR count). The lowest BCUT2D eigenvalue weighted by atomic mass is 10.1. The Morgan fingerprint density at radius 3 is 2.75 bits per heavy atom. The van der Waals surface area contributed by atoms with Crippen molar-refractivity contribution in [1.82, 2.24) is 0 Å². The number of anilines is 2. The molecule has 8 nitrogen and oxygen atoms in total. The first-order valence-electron chi connectivity index (χ1n) is 8.71. The van der Waals surface area contributed by atoms with E-state index in [4.69, 9.17) is 16.7 Å². The molecule has 0 bridgehead atoms. The normalized spacial score (nSPS) is 17.0. The van der Waals surface area contributed by atoms with Crippen molar-refractivity contribution < 1.29 is 13.3 Å². The van der Waals surface area contributed by atoms with Crippen LogP contribution in [0.15, 0.2) is 41.3 Å². The predicted octanol–water partition coefficient (Wildman–Crippen LogP) is 3.14. The summed E-state index contributed by atoms with van der Waals surface area (Å²) in [6, 6.07) is 9.38. The summed E-state index contributed by atoms with van der Waals surface area (Å²) in [6.45, 7) is 4.28. The molecule has 0 saturated carbocycles. The summed E-state index contributed by atoms with van der Waals surface area (Å²) < 4.78 is 23.2. The van der Waals surface area contributed by atoms with Crippen LogP contribution in [0.1, 0.15) is 12.0 Å². The Labute approximate surface area is 168 Å². The highest BCUT2D eigenvalue weighted by molar-refractivity contribution is 7.89. The van der Waals surface area contributed by atoms with Crippen molar-refractivity contribution in [2.24, 2.45) is 11.1 Å². The quantitative estimate of drug-likeness (QED) is 0.543. The van der Waals surface area contributed by atoms with Crippen LogP contribution in [-0.2, 0) is 10.0 Å². The smallest absolute Gasteiger partial charge is 0.272 e. The van der Waals surface area contributed by atoms with Crippen LogP contribution in [-0.4, -0.2) is 33.0 Å². The molecule has 0 spiro atoms. The van der Waals surface area contributed by atoms with E-state index in [1.165, 1.54) is 12.1 Å². The average molecular weight is 425 g/mol. The van der Waals surface area contributed by atoms with E-state index < -0.39 is 14.9 Å². The first-order chi connectivity index (χ1) is 13.1. The number of nitrogens with one attached hydrogen (secondary N) is 1. The largest absolute Gasteiger partial charge is 0.384 e. The predicted molar refractivity (Wildman–Crippen MR) is 109 cm³/mol. The van der Waals surface area contributed by atoms with Gasteiger partial charge in [0.1, 0.15) is 0 Å². The molecule has 1 saturated heterocycles. The number of halogens is 1. The zero-order valence-electron chi connectivity index (χ0n) is 15.3. The Morgan fingerprint density at radius 2 is 2.07 bits per heavy atom. The molecule has 1 fully saturated rings. The number of hydrogen-bond donors (Lipinski definition) is 2. The Balaban J connectivity index is 1.70. The van der Waals surface area contributed by atoms with Gasteiger partial charge in [0.25, 0.3) is 5.69 Å². The highest BCUT2D eigenvalue weighted by Gasteiger charge is 2.24. The van der Waals surface area contributed by atoms with E-state index in [9.17, 15) is 18.5 Å². The summed E-state index contributed by atoms with van der Waals surface area (Å²) in [5.41, 5.74) is 2.28. The second-order valence-electron chi connectivity index (χ2n) is 6.93. The molecular formula is C18H21ClN4O4S. The van der Waals surface area contributed by atoms with E-state index in [0.29, 0.717) is 23.2 Å². The molecule has 10 heteroatoms. The molecule has 1 heterocycles. The van der Waals surface area contributed by atoms with E-state index in [-0.39, 0.29) is 10.6 Å². The third-order valence-corrected chi connectivity index (χ3v) is 5.95. The van der Waals surface area contributed by atoms with Gasteiger partial charge in [0, 0.05) is 48.2 Å². The van der Waals surface area contributed by atoms with Crippen LogP contribution in [0.4, 0.5) is 17.1 Å². The van der Waals surface area contributed by atoms with Gasteiger partial charge in [-0.15, -0.1) is 0 Å². The van der Waals surface area contributed by atoms with E-state index in [1.54, 1.807) is 0 Å². The average Bonchev–Trinajstić information content (AvgIpc) is 3.10. The maximum absolute atomic E-state index is 11.6. The molecule has 0 amide bonds. The lowest BCUT2D eigenvalue weighted by Gasteiger charge is -2.21. The molecule has 28 heavy (non-hydrogen) atoms. The number of nitrogens with two attached hydrogens (primary N) is 1. The number of non-ortho nitro benzene ring substituents is 1. The molecule has 3 N–H and O–H groups in total. The molecule has 1 unspecified atom stereocenters. The Hall–Kier alpha value is -2.36. The third kappa shape index (κ3) is 4.73. The molecule has 0 radical (unpaired) electrons. The highest BCUT2D eigenvalue weighted by Crippen LogP contribution is 2.30. The number of nitro benzene ring substituents is 1. The molecule has 1 aliphatic rings. The Bertz CT molecular complexity index is 1010. The molecule has 1 aliphatic heterocycles. The van der Waals surface area contributed by atoms with E-state index in [2.05, 4.69) is 10.2 Å². The lowest BCUT2D eigenvalue weighted by molar-refractivity contribution is -0.385. The van der Waals surface area contributed by atoms with Crippen molar-refractivity contribution in [3.63, 3.8) is 0 Å². The lowest BCUT2D eigenvalue weighted by Crippen LogP contribution is -2.23. The van der Waals surface area contributed by atoms with Crippen LogP contribution >= 0.6 is 11.6 Å². The maximum Gasteiger partial charge on any atom is 0.272 e. The van der Waals surface area contributed by atoms with Crippen LogP contribution in [0.25, 0.3) is 0 Å². The molecule has 2 aromatic rings. The number of aryl methyl sites for hydroxylation is 1. The number of nitro groups is 1. The number of rotatable bonds is 6. The van der Waals surface area contributed by atoms with Gasteiger partial charge < -0.3 is 10.2 Å². The number of hydrogen-bond acceptors (Lipinski definition) is 6. The topological polar surface area (TPSA) is 119 Å². The first kappa shape index (κ1) is 20.4. The van der Waals surface area contributed by atoms with Gasteiger partial charge in [-0.2, -0.15) is 0 Å². The molecule has 150 valence electrons. The molecule has 2 aromatic carbocycles. The van der Waals surface area contributed by atoms with Gasteiger partial charge in [0.05, 0.1) is 9.82 Å². The molecule has 1 atom stereocenters. The number of primary sulfonamides is 1. The van der Waals surface area contributed by atoms with Gasteiger partial charge in [-0.3, -0.25) is 10.1 Å². The maximum atomic E-state index is 11.6. The van der Waals surface area contributed by atoms with Crippen LogP contribution in [0.3, 0.4) is 0 Å². The second kappa shape index (κ2) is 7.94. The van der Waals surface area contributed by atoms with Gasteiger partial charge in [-0.25, -0.2) is 13.6 Å². The first-order valence-corrected chi connectivity index (χ1v) is 10.6. The van der Waals surface area contributed by atoms with Crippen molar-refractivity contribution in [1.29, 1.82) is 0 Å². The zero-order valence-corrected chi connectivity index (χ0v) is 16.8. The number of benzene rings is 2. The zero-order chi connectivity index (χ0) is 20.5. The highest BCUT2D eigenvalue weighted by atomic mass is 35.5. The van der Waals surface area contributed by atoms with E-state index in [0.717, 1.165) is 36.8 Å². The SMILES string of the molecule is Cc1ccc(Cl)cc1N1CCC(CNc2cc([N+](=O)[O-])cc(S(N)(=O)=O)c2)C1. The summed E-state index contributed by atoms with van der Waals surface area (Å²) in [6.07, 6.45) is 0.940. The van der Waals surface area contributed by atoms with Gasteiger partial charge >= 0.3 is 0 Å². The second-order valence-corrected chi connectivity index (χ2v) is 8.93. The molecular weight excluding hydrogens is 404 g/mol. The summed E-state index contributed by atoms with van der Waals surface area (Å²) in [4.78, 5) is 12.4. The minimum atomic E-state index is -4.04. The van der Waals surface area contributed by atoms with Gasteiger partial charge in [-0.1, -0.05) is 17.7 Å². The van der Waals surface area contributed by atoms with Gasteiger partial charge in [-0.05, 0) is 43.0 Å². The Morgan fingerprint density at radius 1 is 1.32 bits per heavy atom. The van der Waals surface area contributed by atoms with Crippen LogP contribution in [0.2, 0.25) is 5.02 Å². The summed E-state index contributed by atoms with van der Waals surface area (Å²) >= 11 is 6.11. The minimum absolute atomic E-state index is 0.285. The van der Waals surface area contributed by atoms with E-state index in [1.807, 2.05) is 25.1 Å². The molecule has 0 aliphatic carbocycles. The standard InChI is InChI=1S/C18H21ClN4O4S/c1-12-2-3-14(19)6-18(12)22-5-4-13(11-22)10-21-15-7-16(23(24)25)9-17(8-15)28(20,26)27/h2-3,6-9,13,21H,4-5,10-11H2,1H3,(H2,20,26,27). The fourth-order valence-corrected chi connectivity index (χ4v) is 4.10. The van der Waals surface area contributed by atoms with Crippen molar-refractivity contribution >= 4 is 38.7 Å². The van der Waals surface area contributed by atoms with Crippen LogP contribution < -0.4 is 15.4 Å². The fraction of sp³-hybridized carbons (Fsp3) is 0.333. The van der Waals surface area contributed by atoms with Crippen molar-refractivity contribution in [3.8, 4) is 0 Å². The minimum Gasteiger partial charge on any atom is -0.384 e. The Kier molecular flexibility index (Phi) is 5.78. The van der Waals surface area contributed by atoms with Crippen molar-refractivity contribution in [2.45, 2.75) is 18.2 Å². The number of nitrogens with zero attached hydrogens (tertiary/aromatic N) is 2. The van der Waals surface area contributed by atoms with Gasteiger partial charge in [0.15, 0.2) is 0 Å². The summed E-state index contributed by atoms with van der Waals surface area (Å²) in [5.74, 6) is 0.301. The summed E-state index contributed by atoms with van der Waals surface area (Å²) in [7, 11) is -4.04. The molecule has 0 aromatic heterocycles. The third-order valence-electron chi connectivity index (χ3n) is 4.82. The van der Waals surface area contributed by atoms with Crippen LogP contribution in [0, 0.1) is 23.0 Å².